The van der Waals surface area contributed by atoms with Gasteiger partial charge in [-0.25, -0.2) is 0 Å². The van der Waals surface area contributed by atoms with Gasteiger partial charge in [-0.15, -0.1) is 0 Å². The number of rotatable bonds is 2. The summed E-state index contributed by atoms with van der Waals surface area (Å²) in [4.78, 5) is 1.01. The molecular weight excluding hydrogens is 178 g/mol. The first-order chi connectivity index (χ1) is 6.33. The minimum atomic E-state index is 0.586. The van der Waals surface area contributed by atoms with Gasteiger partial charge >= 0.3 is 0 Å². The third-order valence-corrected chi connectivity index (χ3v) is 3.11. The van der Waals surface area contributed by atoms with Gasteiger partial charge in [0.25, 0.3) is 0 Å². The lowest BCUT2D eigenvalue weighted by molar-refractivity contribution is 1.01. The average Bonchev–Trinajstić information content (AvgIpc) is 2.98. The first-order valence-electron chi connectivity index (χ1n) is 4.59. The molecule has 1 fully saturated rings. The fraction of sp³-hybridized carbons (Fsp3) is 0.364. The molecule has 0 amide bonds. The topological polar surface area (TPSA) is 12.0 Å². The summed E-state index contributed by atoms with van der Waals surface area (Å²) in [5.74, 6) is 1.25. The van der Waals surface area contributed by atoms with E-state index in [-0.39, 0.29) is 0 Å². The number of thiocarbonyl (C=S) groups is 1. The summed E-state index contributed by atoms with van der Waals surface area (Å²) >= 11 is 5.21. The molecular formula is C11H13NS. The quantitative estimate of drug-likeness (QED) is 0.720. The van der Waals surface area contributed by atoms with Gasteiger partial charge in [0.15, 0.2) is 0 Å². The number of hydrogen-bond donors (Lipinski definition) is 1. The molecule has 2 rings (SSSR count). The Morgan fingerprint density at radius 1 is 1.38 bits per heavy atom. The van der Waals surface area contributed by atoms with E-state index in [0.29, 0.717) is 11.8 Å². The highest BCUT2D eigenvalue weighted by molar-refractivity contribution is 7.80. The van der Waals surface area contributed by atoms with Gasteiger partial charge in [-0.2, -0.15) is 0 Å². The molecule has 1 saturated carbocycles. The maximum atomic E-state index is 5.21. The molecule has 1 nitrogen and oxygen atoms in total. The highest BCUT2D eigenvalue weighted by Crippen LogP contribution is 2.47. The maximum Gasteiger partial charge on any atom is 0.0788 e. The van der Waals surface area contributed by atoms with Crippen LogP contribution < -0.4 is 5.32 Å². The number of nitrogens with one attached hydrogen (secondary N) is 1. The molecule has 0 aromatic heterocycles. The molecule has 0 heterocycles. The van der Waals surface area contributed by atoms with E-state index in [0.717, 1.165) is 4.99 Å². The van der Waals surface area contributed by atoms with Gasteiger partial charge in [0, 0.05) is 13.0 Å². The van der Waals surface area contributed by atoms with Crippen LogP contribution in [0.15, 0.2) is 30.3 Å². The summed E-state index contributed by atoms with van der Waals surface area (Å²) in [6, 6.07) is 10.6. The van der Waals surface area contributed by atoms with Crippen LogP contribution in [-0.4, -0.2) is 12.0 Å². The van der Waals surface area contributed by atoms with Crippen molar-refractivity contribution in [1.82, 2.24) is 5.32 Å². The molecule has 2 unspecified atom stereocenters. The third-order valence-electron chi connectivity index (χ3n) is 2.60. The van der Waals surface area contributed by atoms with E-state index in [2.05, 4.69) is 35.6 Å². The van der Waals surface area contributed by atoms with Crippen LogP contribution in [-0.2, 0) is 0 Å². The molecule has 1 aliphatic rings. The highest BCUT2D eigenvalue weighted by atomic mass is 32.1. The van der Waals surface area contributed by atoms with Crippen molar-refractivity contribution in [2.75, 3.05) is 7.05 Å². The molecule has 0 saturated heterocycles. The van der Waals surface area contributed by atoms with Crippen LogP contribution in [0, 0.1) is 5.92 Å². The van der Waals surface area contributed by atoms with E-state index < -0.39 is 0 Å². The van der Waals surface area contributed by atoms with Gasteiger partial charge in [-0.1, -0.05) is 42.5 Å². The van der Waals surface area contributed by atoms with Gasteiger partial charge in [0.1, 0.15) is 0 Å². The first-order valence-corrected chi connectivity index (χ1v) is 5.00. The van der Waals surface area contributed by atoms with Gasteiger partial charge in [-0.05, 0) is 17.9 Å². The van der Waals surface area contributed by atoms with E-state index in [4.69, 9.17) is 12.2 Å². The molecule has 0 bridgehead atoms. The molecule has 0 spiro atoms. The Hall–Kier alpha value is -0.890. The zero-order valence-electron chi connectivity index (χ0n) is 7.66. The van der Waals surface area contributed by atoms with E-state index in [1.165, 1.54) is 12.0 Å². The van der Waals surface area contributed by atoms with Crippen LogP contribution in [0.1, 0.15) is 17.9 Å². The van der Waals surface area contributed by atoms with Crippen molar-refractivity contribution in [2.45, 2.75) is 12.3 Å². The summed E-state index contributed by atoms with van der Waals surface area (Å²) in [5.41, 5.74) is 1.42. The molecule has 0 radical (unpaired) electrons. The maximum absolute atomic E-state index is 5.21. The SMILES string of the molecule is CNC(=S)C1CC1c1ccccc1. The molecule has 2 atom stereocenters. The second kappa shape index (κ2) is 3.46. The van der Waals surface area contributed by atoms with Crippen molar-refractivity contribution in [2.24, 2.45) is 5.92 Å². The van der Waals surface area contributed by atoms with Crippen LogP contribution >= 0.6 is 12.2 Å². The lowest BCUT2D eigenvalue weighted by atomic mass is 10.1. The lowest BCUT2D eigenvalue weighted by Crippen LogP contribution is -2.17. The molecule has 1 N–H and O–H groups in total. The Balaban J connectivity index is 2.04. The average molecular weight is 191 g/mol. The van der Waals surface area contributed by atoms with Crippen molar-refractivity contribution in [3.8, 4) is 0 Å². The van der Waals surface area contributed by atoms with E-state index in [1.807, 2.05) is 7.05 Å². The standard InChI is InChI=1S/C11H13NS/c1-12-11(13)10-7-9(10)8-5-3-2-4-6-8/h2-6,9-10H,7H2,1H3,(H,12,13). The molecule has 1 aromatic rings. The Morgan fingerprint density at radius 3 is 2.69 bits per heavy atom. The van der Waals surface area contributed by atoms with Crippen LogP contribution in [0.2, 0.25) is 0 Å². The first kappa shape index (κ1) is 8.70. The smallest absolute Gasteiger partial charge is 0.0788 e. The van der Waals surface area contributed by atoms with Crippen LogP contribution in [0.3, 0.4) is 0 Å². The fourth-order valence-corrected chi connectivity index (χ4v) is 2.00. The Kier molecular flexibility index (Phi) is 2.32. The Bertz CT molecular complexity index is 307. The molecule has 68 valence electrons. The normalized spacial score (nSPS) is 25.3. The summed E-state index contributed by atoms with van der Waals surface area (Å²) in [7, 11) is 1.91. The van der Waals surface area contributed by atoms with Gasteiger partial charge < -0.3 is 5.32 Å². The van der Waals surface area contributed by atoms with E-state index in [1.54, 1.807) is 0 Å². The van der Waals surface area contributed by atoms with E-state index in [9.17, 15) is 0 Å². The lowest BCUT2D eigenvalue weighted by Gasteiger charge is -2.01. The van der Waals surface area contributed by atoms with Crippen LogP contribution in [0.4, 0.5) is 0 Å². The third kappa shape index (κ3) is 1.73. The van der Waals surface area contributed by atoms with Crippen molar-refractivity contribution in [3.63, 3.8) is 0 Å². The summed E-state index contributed by atoms with van der Waals surface area (Å²) in [5, 5.41) is 3.06. The second-order valence-corrected chi connectivity index (χ2v) is 3.91. The van der Waals surface area contributed by atoms with Crippen molar-refractivity contribution in [3.05, 3.63) is 35.9 Å². The van der Waals surface area contributed by atoms with Crippen molar-refractivity contribution >= 4 is 17.2 Å². The summed E-state index contributed by atoms with van der Waals surface area (Å²) in [6.07, 6.45) is 1.21. The van der Waals surface area contributed by atoms with E-state index >= 15 is 0 Å². The highest BCUT2D eigenvalue weighted by Gasteiger charge is 2.40. The zero-order valence-corrected chi connectivity index (χ0v) is 8.47. The molecule has 13 heavy (non-hydrogen) atoms. The summed E-state index contributed by atoms with van der Waals surface area (Å²) < 4.78 is 0. The number of benzene rings is 1. The minimum absolute atomic E-state index is 0.586. The van der Waals surface area contributed by atoms with Gasteiger partial charge in [0.05, 0.1) is 4.99 Å². The van der Waals surface area contributed by atoms with Crippen LogP contribution in [0.5, 0.6) is 0 Å². The van der Waals surface area contributed by atoms with Gasteiger partial charge in [-0.3, -0.25) is 0 Å². The largest absolute Gasteiger partial charge is 0.382 e. The van der Waals surface area contributed by atoms with Crippen LogP contribution in [0.25, 0.3) is 0 Å². The molecule has 1 aromatic carbocycles. The van der Waals surface area contributed by atoms with Crippen molar-refractivity contribution in [1.29, 1.82) is 0 Å². The number of hydrogen-bond acceptors (Lipinski definition) is 1. The molecule has 1 aliphatic carbocycles. The van der Waals surface area contributed by atoms with Gasteiger partial charge in [0.2, 0.25) is 0 Å². The predicted octanol–water partition coefficient (Wildman–Crippen LogP) is 2.34. The minimum Gasteiger partial charge on any atom is -0.382 e. The zero-order chi connectivity index (χ0) is 9.26. The fourth-order valence-electron chi connectivity index (χ4n) is 1.74. The molecule has 2 heteroatoms. The summed E-state index contributed by atoms with van der Waals surface area (Å²) in [6.45, 7) is 0. The Morgan fingerprint density at radius 2 is 2.08 bits per heavy atom. The predicted molar refractivity (Wildman–Crippen MR) is 58.9 cm³/mol. The Labute approximate surface area is 84.2 Å². The monoisotopic (exact) mass is 191 g/mol. The molecule has 0 aliphatic heterocycles. The second-order valence-electron chi connectivity index (χ2n) is 3.47. The van der Waals surface area contributed by atoms with Crippen molar-refractivity contribution < 1.29 is 0 Å².